The van der Waals surface area contributed by atoms with Gasteiger partial charge in [0.25, 0.3) is 0 Å². The minimum absolute atomic E-state index is 0.235. The summed E-state index contributed by atoms with van der Waals surface area (Å²) in [5.74, 6) is 1.10. The van der Waals surface area contributed by atoms with Gasteiger partial charge in [0.2, 0.25) is 0 Å². The maximum Gasteiger partial charge on any atom is 0.334 e. The molecule has 1 unspecified atom stereocenters. The van der Waals surface area contributed by atoms with Gasteiger partial charge >= 0.3 is 5.97 Å². The molecule has 1 heterocycles. The van der Waals surface area contributed by atoms with Crippen molar-refractivity contribution in [3.05, 3.63) is 35.6 Å². The number of aliphatic hydroxyl groups excluding tert-OH is 1. The molecule has 1 aromatic rings. The molecule has 102 valence electrons. The third-order valence-corrected chi connectivity index (χ3v) is 2.78. The number of methoxy groups -OCH3 is 1. The Balaban J connectivity index is 2.22. The van der Waals surface area contributed by atoms with Crippen LogP contribution in [0.15, 0.2) is 30.0 Å². The smallest absolute Gasteiger partial charge is 0.334 e. The molecule has 5 nitrogen and oxygen atoms in total. The zero-order valence-electron chi connectivity index (χ0n) is 10.9. The number of esters is 1. The van der Waals surface area contributed by atoms with Crippen LogP contribution in [0.4, 0.5) is 0 Å². The number of benzene rings is 1. The maximum atomic E-state index is 11.4. The molecular formula is C14H16O5. The first-order valence-electron chi connectivity index (χ1n) is 6.05. The van der Waals surface area contributed by atoms with Crippen molar-refractivity contribution in [2.24, 2.45) is 0 Å². The van der Waals surface area contributed by atoms with Crippen molar-refractivity contribution in [3.8, 4) is 11.5 Å². The van der Waals surface area contributed by atoms with Crippen LogP contribution in [0, 0.1) is 0 Å². The van der Waals surface area contributed by atoms with E-state index in [1.807, 2.05) is 0 Å². The third kappa shape index (κ3) is 3.06. The van der Waals surface area contributed by atoms with E-state index in [9.17, 15) is 9.90 Å². The van der Waals surface area contributed by atoms with Crippen LogP contribution in [-0.2, 0) is 9.53 Å². The number of ether oxygens (including phenoxy) is 3. The van der Waals surface area contributed by atoms with Gasteiger partial charge in [-0.05, 0) is 25.1 Å². The standard InChI is InChI=1S/C14H16O5/c1-3-18-14(16)8-10-7-12(15)11-6-9(17-2)4-5-13(11)19-10/h4-6,8,12,15H,3,7H2,1-2H3/b10-8+. The molecule has 0 spiro atoms. The molecule has 0 saturated heterocycles. The number of carbonyl (C=O) groups is 1. The van der Waals surface area contributed by atoms with Gasteiger partial charge in [0.05, 0.1) is 25.9 Å². The zero-order chi connectivity index (χ0) is 13.8. The second kappa shape index (κ2) is 5.75. The molecule has 0 saturated carbocycles. The Bertz CT molecular complexity index is 507. The van der Waals surface area contributed by atoms with Gasteiger partial charge in [-0.1, -0.05) is 0 Å². The molecule has 0 aromatic heterocycles. The number of hydrogen-bond donors (Lipinski definition) is 1. The maximum absolute atomic E-state index is 11.4. The minimum atomic E-state index is -0.723. The first-order valence-corrected chi connectivity index (χ1v) is 6.05. The van der Waals surface area contributed by atoms with Gasteiger partial charge in [0.1, 0.15) is 17.3 Å². The Morgan fingerprint density at radius 2 is 2.37 bits per heavy atom. The van der Waals surface area contributed by atoms with E-state index < -0.39 is 12.1 Å². The fourth-order valence-electron chi connectivity index (χ4n) is 1.89. The molecule has 0 amide bonds. The number of aliphatic hydroxyl groups is 1. The lowest BCUT2D eigenvalue weighted by atomic mass is 10.0. The largest absolute Gasteiger partial charge is 0.497 e. The zero-order valence-corrected chi connectivity index (χ0v) is 10.9. The van der Waals surface area contributed by atoms with Gasteiger partial charge in [0.15, 0.2) is 0 Å². The summed E-state index contributed by atoms with van der Waals surface area (Å²) >= 11 is 0. The normalized spacial score (nSPS) is 19.5. The summed E-state index contributed by atoms with van der Waals surface area (Å²) in [4.78, 5) is 11.4. The highest BCUT2D eigenvalue weighted by atomic mass is 16.5. The van der Waals surface area contributed by atoms with E-state index in [4.69, 9.17) is 14.2 Å². The van der Waals surface area contributed by atoms with Crippen molar-refractivity contribution in [2.45, 2.75) is 19.4 Å². The topological polar surface area (TPSA) is 65.0 Å². The summed E-state index contributed by atoms with van der Waals surface area (Å²) in [6.45, 7) is 2.04. The Morgan fingerprint density at radius 1 is 1.58 bits per heavy atom. The number of rotatable bonds is 3. The predicted molar refractivity (Wildman–Crippen MR) is 67.9 cm³/mol. The van der Waals surface area contributed by atoms with E-state index in [-0.39, 0.29) is 6.42 Å². The molecule has 0 aliphatic carbocycles. The van der Waals surface area contributed by atoms with Gasteiger partial charge in [-0.15, -0.1) is 0 Å². The van der Waals surface area contributed by atoms with E-state index in [2.05, 4.69) is 0 Å². The van der Waals surface area contributed by atoms with Crippen molar-refractivity contribution in [3.63, 3.8) is 0 Å². The van der Waals surface area contributed by atoms with Crippen LogP contribution < -0.4 is 9.47 Å². The average molecular weight is 264 g/mol. The lowest BCUT2D eigenvalue weighted by Crippen LogP contribution is -2.14. The molecule has 0 radical (unpaired) electrons. The molecule has 2 rings (SSSR count). The molecule has 1 aliphatic rings. The molecule has 0 bridgehead atoms. The first-order chi connectivity index (χ1) is 9.13. The van der Waals surface area contributed by atoms with Gasteiger partial charge in [-0.3, -0.25) is 0 Å². The molecule has 1 aromatic carbocycles. The van der Waals surface area contributed by atoms with Crippen molar-refractivity contribution in [1.29, 1.82) is 0 Å². The Morgan fingerprint density at radius 3 is 3.05 bits per heavy atom. The Kier molecular flexibility index (Phi) is 4.06. The molecule has 1 aliphatic heterocycles. The van der Waals surface area contributed by atoms with Gasteiger partial charge < -0.3 is 19.3 Å². The third-order valence-electron chi connectivity index (χ3n) is 2.78. The van der Waals surface area contributed by atoms with Crippen LogP contribution in [0.25, 0.3) is 0 Å². The molecule has 19 heavy (non-hydrogen) atoms. The predicted octanol–water partition coefficient (Wildman–Crippen LogP) is 1.96. The summed E-state index contributed by atoms with van der Waals surface area (Å²) in [6, 6.07) is 5.16. The SMILES string of the molecule is CCOC(=O)/C=C1\CC(O)c2cc(OC)ccc2O1. The van der Waals surface area contributed by atoms with Gasteiger partial charge in [-0.2, -0.15) is 0 Å². The fourth-order valence-corrected chi connectivity index (χ4v) is 1.89. The lowest BCUT2D eigenvalue weighted by Gasteiger charge is -2.24. The second-order valence-corrected chi connectivity index (χ2v) is 4.09. The summed E-state index contributed by atoms with van der Waals surface area (Å²) in [5.41, 5.74) is 0.653. The molecule has 1 N–H and O–H groups in total. The van der Waals surface area contributed by atoms with Crippen molar-refractivity contribution >= 4 is 5.97 Å². The average Bonchev–Trinajstić information content (AvgIpc) is 2.38. The molecule has 0 fully saturated rings. The summed E-state index contributed by atoms with van der Waals surface area (Å²) in [6.07, 6.45) is 0.776. The second-order valence-electron chi connectivity index (χ2n) is 4.09. The lowest BCUT2D eigenvalue weighted by molar-refractivity contribution is -0.137. The molecule has 1 atom stereocenters. The highest BCUT2D eigenvalue weighted by molar-refractivity contribution is 5.82. The van der Waals surface area contributed by atoms with E-state index in [0.717, 1.165) is 0 Å². The number of hydrogen-bond acceptors (Lipinski definition) is 5. The van der Waals surface area contributed by atoms with Gasteiger partial charge in [-0.25, -0.2) is 4.79 Å². The van der Waals surface area contributed by atoms with E-state index >= 15 is 0 Å². The number of fused-ring (bicyclic) bond motifs is 1. The van der Waals surface area contributed by atoms with Crippen LogP contribution in [0.2, 0.25) is 0 Å². The monoisotopic (exact) mass is 264 g/mol. The highest BCUT2D eigenvalue weighted by Gasteiger charge is 2.24. The van der Waals surface area contributed by atoms with Crippen LogP contribution in [-0.4, -0.2) is 24.8 Å². The van der Waals surface area contributed by atoms with Crippen molar-refractivity contribution < 1.29 is 24.1 Å². The van der Waals surface area contributed by atoms with Crippen LogP contribution in [0.3, 0.4) is 0 Å². The quantitative estimate of drug-likeness (QED) is 0.667. The molecule has 5 heteroatoms. The van der Waals surface area contributed by atoms with Gasteiger partial charge in [0, 0.05) is 12.0 Å². The van der Waals surface area contributed by atoms with Crippen LogP contribution >= 0.6 is 0 Å². The van der Waals surface area contributed by atoms with Crippen molar-refractivity contribution in [2.75, 3.05) is 13.7 Å². The highest BCUT2D eigenvalue weighted by Crippen LogP contribution is 2.38. The minimum Gasteiger partial charge on any atom is -0.497 e. The van der Waals surface area contributed by atoms with Crippen LogP contribution in [0.5, 0.6) is 11.5 Å². The molecular weight excluding hydrogens is 248 g/mol. The fraction of sp³-hybridized carbons (Fsp3) is 0.357. The summed E-state index contributed by atoms with van der Waals surface area (Å²) in [7, 11) is 1.56. The van der Waals surface area contributed by atoms with E-state index in [1.54, 1.807) is 32.2 Å². The summed E-state index contributed by atoms with van der Waals surface area (Å²) in [5, 5.41) is 10.1. The Hall–Kier alpha value is -2.01. The van der Waals surface area contributed by atoms with Crippen LogP contribution in [0.1, 0.15) is 25.0 Å². The van der Waals surface area contributed by atoms with E-state index in [0.29, 0.717) is 29.4 Å². The Labute approximate surface area is 111 Å². The summed E-state index contributed by atoms with van der Waals surface area (Å²) < 4.78 is 15.5. The number of carbonyl (C=O) groups excluding carboxylic acids is 1. The van der Waals surface area contributed by atoms with E-state index in [1.165, 1.54) is 6.08 Å². The first kappa shape index (κ1) is 13.4. The van der Waals surface area contributed by atoms with Crippen molar-refractivity contribution in [1.82, 2.24) is 0 Å².